The largest absolute Gasteiger partial charge is 0.508 e. The van der Waals surface area contributed by atoms with E-state index < -0.39 is 11.9 Å². The average molecular weight is 233 g/mol. The Bertz CT molecular complexity index is 571. The highest BCUT2D eigenvalue weighted by Gasteiger charge is 2.19. The van der Waals surface area contributed by atoms with Crippen molar-refractivity contribution in [1.82, 2.24) is 4.57 Å². The van der Waals surface area contributed by atoms with E-state index in [0.717, 1.165) is 16.6 Å². The SMILES string of the molecule is CCn1c(C(C)C(=O)O)cc2ccc(O)cc21. The van der Waals surface area contributed by atoms with Gasteiger partial charge in [-0.3, -0.25) is 4.79 Å². The lowest BCUT2D eigenvalue weighted by Gasteiger charge is -2.11. The number of aromatic hydroxyl groups is 1. The molecule has 2 N–H and O–H groups in total. The number of carboxylic acid groups (broad SMARTS) is 1. The van der Waals surface area contributed by atoms with Gasteiger partial charge in [-0.05, 0) is 32.0 Å². The molecule has 0 fully saturated rings. The van der Waals surface area contributed by atoms with Crippen LogP contribution in [-0.2, 0) is 11.3 Å². The number of benzene rings is 1. The number of aryl methyl sites for hydroxylation is 1. The summed E-state index contributed by atoms with van der Waals surface area (Å²) in [6, 6.07) is 6.94. The van der Waals surface area contributed by atoms with Crippen molar-refractivity contribution in [2.24, 2.45) is 0 Å². The smallest absolute Gasteiger partial charge is 0.312 e. The topological polar surface area (TPSA) is 62.5 Å². The standard InChI is InChI=1S/C13H15NO3/c1-3-14-11(8(2)13(16)17)6-9-4-5-10(15)7-12(9)14/h4-8,15H,3H2,1-2H3,(H,16,17). The molecule has 0 bridgehead atoms. The zero-order chi connectivity index (χ0) is 12.6. The summed E-state index contributed by atoms with van der Waals surface area (Å²) in [5.41, 5.74) is 1.64. The van der Waals surface area contributed by atoms with Gasteiger partial charge in [0.05, 0.1) is 11.4 Å². The van der Waals surface area contributed by atoms with Gasteiger partial charge in [0.15, 0.2) is 0 Å². The molecule has 1 aromatic heterocycles. The van der Waals surface area contributed by atoms with E-state index in [1.54, 1.807) is 25.1 Å². The van der Waals surface area contributed by atoms with E-state index in [2.05, 4.69) is 0 Å². The third-order valence-corrected chi connectivity index (χ3v) is 3.05. The highest BCUT2D eigenvalue weighted by molar-refractivity contribution is 5.85. The van der Waals surface area contributed by atoms with Crippen LogP contribution in [0.5, 0.6) is 5.75 Å². The number of phenols is 1. The maximum absolute atomic E-state index is 11.0. The molecule has 0 aliphatic carbocycles. The van der Waals surface area contributed by atoms with Crippen molar-refractivity contribution in [3.8, 4) is 5.75 Å². The molecule has 17 heavy (non-hydrogen) atoms. The highest BCUT2D eigenvalue weighted by Crippen LogP contribution is 2.28. The fourth-order valence-corrected chi connectivity index (χ4v) is 2.10. The van der Waals surface area contributed by atoms with Gasteiger partial charge in [-0.15, -0.1) is 0 Å². The van der Waals surface area contributed by atoms with Crippen LogP contribution in [0.15, 0.2) is 24.3 Å². The van der Waals surface area contributed by atoms with Crippen LogP contribution in [0.25, 0.3) is 10.9 Å². The molecule has 2 aromatic rings. The number of phenolic OH excluding ortho intramolecular Hbond substituents is 1. The molecule has 0 spiro atoms. The van der Waals surface area contributed by atoms with Crippen LogP contribution in [0.2, 0.25) is 0 Å². The third-order valence-electron chi connectivity index (χ3n) is 3.05. The minimum Gasteiger partial charge on any atom is -0.508 e. The fourth-order valence-electron chi connectivity index (χ4n) is 2.10. The second-order valence-corrected chi connectivity index (χ2v) is 4.12. The molecule has 0 radical (unpaired) electrons. The predicted molar refractivity (Wildman–Crippen MR) is 65.3 cm³/mol. The molecule has 4 heteroatoms. The van der Waals surface area contributed by atoms with Gasteiger partial charge in [-0.25, -0.2) is 0 Å². The van der Waals surface area contributed by atoms with Crippen molar-refractivity contribution in [3.05, 3.63) is 30.0 Å². The summed E-state index contributed by atoms with van der Waals surface area (Å²) in [4.78, 5) is 11.0. The summed E-state index contributed by atoms with van der Waals surface area (Å²) in [6.45, 7) is 4.31. The van der Waals surface area contributed by atoms with E-state index in [1.807, 2.05) is 17.6 Å². The molecule has 1 aromatic carbocycles. The lowest BCUT2D eigenvalue weighted by atomic mass is 10.1. The minimum atomic E-state index is -0.841. The Morgan fingerprint density at radius 2 is 2.12 bits per heavy atom. The van der Waals surface area contributed by atoms with Crippen molar-refractivity contribution in [1.29, 1.82) is 0 Å². The molecule has 1 heterocycles. The van der Waals surface area contributed by atoms with Gasteiger partial charge in [0.2, 0.25) is 0 Å². The van der Waals surface area contributed by atoms with E-state index in [0.29, 0.717) is 6.54 Å². The number of aliphatic carboxylic acids is 1. The average Bonchev–Trinajstić information content (AvgIpc) is 2.65. The Balaban J connectivity index is 2.68. The Kier molecular flexibility index (Phi) is 2.79. The number of nitrogens with zero attached hydrogens (tertiary/aromatic N) is 1. The van der Waals surface area contributed by atoms with Gasteiger partial charge < -0.3 is 14.8 Å². The van der Waals surface area contributed by atoms with Gasteiger partial charge in [0, 0.05) is 23.7 Å². The van der Waals surface area contributed by atoms with Crippen molar-refractivity contribution < 1.29 is 15.0 Å². The third kappa shape index (κ3) is 1.86. The normalized spacial score (nSPS) is 12.8. The first-order valence-electron chi connectivity index (χ1n) is 5.59. The molecule has 0 aliphatic heterocycles. The Labute approximate surface area is 99.1 Å². The monoisotopic (exact) mass is 233 g/mol. The van der Waals surface area contributed by atoms with Gasteiger partial charge in [-0.2, -0.15) is 0 Å². The van der Waals surface area contributed by atoms with Crippen LogP contribution in [0.1, 0.15) is 25.5 Å². The molecule has 1 unspecified atom stereocenters. The van der Waals surface area contributed by atoms with Crippen LogP contribution in [0, 0.1) is 0 Å². The molecule has 0 saturated heterocycles. The van der Waals surface area contributed by atoms with Gasteiger partial charge in [0.1, 0.15) is 5.75 Å². The van der Waals surface area contributed by atoms with E-state index in [4.69, 9.17) is 5.11 Å². The summed E-state index contributed by atoms with van der Waals surface area (Å²) in [5, 5.41) is 19.5. The number of rotatable bonds is 3. The first-order chi connectivity index (χ1) is 8.04. The summed E-state index contributed by atoms with van der Waals surface area (Å²) >= 11 is 0. The molecule has 0 aliphatic rings. The number of hydrogen-bond donors (Lipinski definition) is 2. The molecule has 2 rings (SSSR count). The van der Waals surface area contributed by atoms with E-state index in [9.17, 15) is 9.90 Å². The quantitative estimate of drug-likeness (QED) is 0.856. The van der Waals surface area contributed by atoms with Gasteiger partial charge in [-0.1, -0.05) is 0 Å². The van der Waals surface area contributed by atoms with Crippen molar-refractivity contribution in [2.45, 2.75) is 26.3 Å². The number of carbonyl (C=O) groups is 1. The second kappa shape index (κ2) is 4.13. The van der Waals surface area contributed by atoms with Crippen LogP contribution >= 0.6 is 0 Å². The van der Waals surface area contributed by atoms with Crippen molar-refractivity contribution in [3.63, 3.8) is 0 Å². The Hall–Kier alpha value is -1.97. The summed E-state index contributed by atoms with van der Waals surface area (Å²) < 4.78 is 1.92. The maximum atomic E-state index is 11.0. The van der Waals surface area contributed by atoms with E-state index in [-0.39, 0.29) is 5.75 Å². The van der Waals surface area contributed by atoms with Crippen molar-refractivity contribution >= 4 is 16.9 Å². The lowest BCUT2D eigenvalue weighted by molar-refractivity contribution is -0.138. The molecule has 1 atom stereocenters. The van der Waals surface area contributed by atoms with Crippen LogP contribution in [0.4, 0.5) is 0 Å². The fraction of sp³-hybridized carbons (Fsp3) is 0.308. The van der Waals surface area contributed by atoms with Crippen LogP contribution < -0.4 is 0 Å². The maximum Gasteiger partial charge on any atom is 0.312 e. The first kappa shape index (κ1) is 11.5. The van der Waals surface area contributed by atoms with E-state index >= 15 is 0 Å². The summed E-state index contributed by atoms with van der Waals surface area (Å²) in [6.07, 6.45) is 0. The Morgan fingerprint density at radius 1 is 1.41 bits per heavy atom. The summed E-state index contributed by atoms with van der Waals surface area (Å²) in [7, 11) is 0. The van der Waals surface area contributed by atoms with Crippen LogP contribution in [-0.4, -0.2) is 20.7 Å². The lowest BCUT2D eigenvalue weighted by Crippen LogP contribution is -2.12. The number of hydrogen-bond acceptors (Lipinski definition) is 2. The van der Waals surface area contributed by atoms with Crippen molar-refractivity contribution in [2.75, 3.05) is 0 Å². The highest BCUT2D eigenvalue weighted by atomic mass is 16.4. The predicted octanol–water partition coefficient (Wildman–Crippen LogP) is 2.55. The number of aromatic nitrogens is 1. The molecule has 0 amide bonds. The number of fused-ring (bicyclic) bond motifs is 1. The second-order valence-electron chi connectivity index (χ2n) is 4.12. The molecule has 90 valence electrons. The molecular weight excluding hydrogens is 218 g/mol. The molecule has 4 nitrogen and oxygen atoms in total. The zero-order valence-corrected chi connectivity index (χ0v) is 9.84. The minimum absolute atomic E-state index is 0.194. The first-order valence-corrected chi connectivity index (χ1v) is 5.59. The summed E-state index contributed by atoms with van der Waals surface area (Å²) in [5.74, 6) is -1.20. The van der Waals surface area contributed by atoms with E-state index in [1.165, 1.54) is 0 Å². The van der Waals surface area contributed by atoms with Gasteiger partial charge in [0.25, 0.3) is 0 Å². The zero-order valence-electron chi connectivity index (χ0n) is 9.84. The number of carboxylic acids is 1. The molecular formula is C13H15NO3. The van der Waals surface area contributed by atoms with Crippen LogP contribution in [0.3, 0.4) is 0 Å². The Morgan fingerprint density at radius 3 is 2.71 bits per heavy atom. The van der Waals surface area contributed by atoms with Gasteiger partial charge >= 0.3 is 5.97 Å². The molecule has 0 saturated carbocycles.